The molecule has 5 nitrogen and oxygen atoms in total. The molecular formula is C18H16F3NO4. The van der Waals surface area contributed by atoms with E-state index in [4.69, 9.17) is 9.47 Å². The minimum atomic E-state index is -1.71. The van der Waals surface area contributed by atoms with Crippen LogP contribution in [0.15, 0.2) is 40.7 Å². The van der Waals surface area contributed by atoms with E-state index in [1.165, 1.54) is 12.1 Å². The largest absolute Gasteiger partial charge is 0.466 e. The molecule has 1 aromatic carbocycles. The minimum Gasteiger partial charge on any atom is -0.466 e. The van der Waals surface area contributed by atoms with E-state index in [0.29, 0.717) is 0 Å². The first kappa shape index (κ1) is 18.0. The highest BCUT2D eigenvalue weighted by molar-refractivity contribution is 6.01. The maximum absolute atomic E-state index is 14.3. The van der Waals surface area contributed by atoms with Gasteiger partial charge in [0.05, 0.1) is 35.6 Å². The Morgan fingerprint density at radius 1 is 1.46 bits per heavy atom. The normalized spacial score (nSPS) is 20.5. The summed E-state index contributed by atoms with van der Waals surface area (Å²) < 4.78 is 51.7. The third-order valence-electron chi connectivity index (χ3n) is 4.43. The zero-order valence-corrected chi connectivity index (χ0v) is 14.1. The Balaban J connectivity index is 2.31. The second-order valence-corrected chi connectivity index (χ2v) is 5.90. The van der Waals surface area contributed by atoms with Gasteiger partial charge in [-0.2, -0.15) is 0 Å². The van der Waals surface area contributed by atoms with Crippen molar-refractivity contribution < 1.29 is 32.2 Å². The first-order valence-corrected chi connectivity index (χ1v) is 7.87. The highest BCUT2D eigenvalue weighted by atomic mass is 19.1. The highest BCUT2D eigenvalue weighted by Crippen LogP contribution is 2.44. The molecule has 2 heterocycles. The van der Waals surface area contributed by atoms with Gasteiger partial charge >= 0.3 is 11.9 Å². The summed E-state index contributed by atoms with van der Waals surface area (Å²) in [5, 5.41) is 2.67. The minimum absolute atomic E-state index is 0.0232. The van der Waals surface area contributed by atoms with Gasteiger partial charge < -0.3 is 14.8 Å². The summed E-state index contributed by atoms with van der Waals surface area (Å²) in [7, 11) is 1.10. The molecule has 0 radical (unpaired) electrons. The molecule has 0 fully saturated rings. The highest BCUT2D eigenvalue weighted by Gasteiger charge is 2.44. The van der Waals surface area contributed by atoms with E-state index in [9.17, 15) is 22.8 Å². The number of ether oxygens (including phenoxy) is 2. The number of cyclic esters (lactones) is 1. The lowest BCUT2D eigenvalue weighted by Crippen LogP contribution is -2.32. The monoisotopic (exact) mass is 367 g/mol. The Bertz CT molecular complexity index is 845. The molecule has 1 unspecified atom stereocenters. The van der Waals surface area contributed by atoms with Gasteiger partial charge in [0.25, 0.3) is 0 Å². The van der Waals surface area contributed by atoms with Crippen molar-refractivity contribution in [3.8, 4) is 0 Å². The van der Waals surface area contributed by atoms with Crippen LogP contribution in [-0.2, 0) is 19.1 Å². The molecule has 0 saturated heterocycles. The Labute approximate surface area is 147 Å². The van der Waals surface area contributed by atoms with Gasteiger partial charge in [0, 0.05) is 5.56 Å². The third kappa shape index (κ3) is 2.75. The maximum atomic E-state index is 14.3. The van der Waals surface area contributed by atoms with Crippen molar-refractivity contribution in [3.05, 3.63) is 57.7 Å². The molecule has 2 aliphatic rings. The summed E-state index contributed by atoms with van der Waals surface area (Å²) >= 11 is 0. The number of carbonyl (C=O) groups excluding carboxylic acids is 2. The van der Waals surface area contributed by atoms with Crippen LogP contribution in [0.3, 0.4) is 0 Å². The molecule has 2 aliphatic heterocycles. The van der Waals surface area contributed by atoms with Crippen molar-refractivity contribution in [1.82, 2.24) is 5.32 Å². The van der Waals surface area contributed by atoms with Crippen molar-refractivity contribution in [3.63, 3.8) is 0 Å². The lowest BCUT2D eigenvalue weighted by molar-refractivity contribution is -0.136. The first-order chi connectivity index (χ1) is 12.4. The number of dihydropyridines is 1. The summed E-state index contributed by atoms with van der Waals surface area (Å²) in [6, 6.07) is 3.82. The van der Waals surface area contributed by atoms with Crippen molar-refractivity contribution in [2.75, 3.05) is 20.4 Å². The number of halogens is 3. The molecule has 0 bridgehead atoms. The molecule has 0 aromatic heterocycles. The predicted octanol–water partition coefficient (Wildman–Crippen LogP) is 2.75. The van der Waals surface area contributed by atoms with Crippen LogP contribution in [0.5, 0.6) is 0 Å². The Morgan fingerprint density at radius 2 is 2.19 bits per heavy atom. The molecule has 1 N–H and O–H groups in total. The zero-order valence-electron chi connectivity index (χ0n) is 14.1. The number of nitrogens with one attached hydrogen (secondary N) is 1. The predicted molar refractivity (Wildman–Crippen MR) is 84.8 cm³/mol. The van der Waals surface area contributed by atoms with Gasteiger partial charge in [-0.3, -0.25) is 0 Å². The SMILES string of the molecule is COC(=O)C1=C(CF)NC2=C(C(=O)OC2)[C@H]1c1cccc(F)c1C(C)F. The Morgan fingerprint density at radius 3 is 2.81 bits per heavy atom. The fourth-order valence-electron chi connectivity index (χ4n) is 3.37. The fraction of sp³-hybridized carbons (Fsp3) is 0.333. The van der Waals surface area contributed by atoms with Gasteiger partial charge in [-0.25, -0.2) is 22.8 Å². The summed E-state index contributed by atoms with van der Waals surface area (Å²) in [4.78, 5) is 24.6. The van der Waals surface area contributed by atoms with E-state index in [-0.39, 0.29) is 40.3 Å². The molecule has 8 heteroatoms. The number of hydrogen-bond acceptors (Lipinski definition) is 5. The number of esters is 2. The third-order valence-corrected chi connectivity index (χ3v) is 4.43. The van der Waals surface area contributed by atoms with Gasteiger partial charge in [-0.05, 0) is 18.6 Å². The maximum Gasteiger partial charge on any atom is 0.337 e. The zero-order chi connectivity index (χ0) is 19.0. The van der Waals surface area contributed by atoms with Crippen LogP contribution < -0.4 is 5.32 Å². The van der Waals surface area contributed by atoms with E-state index >= 15 is 0 Å². The van der Waals surface area contributed by atoms with Gasteiger partial charge in [-0.1, -0.05) is 12.1 Å². The van der Waals surface area contributed by atoms with Crippen LogP contribution in [-0.4, -0.2) is 32.3 Å². The van der Waals surface area contributed by atoms with E-state index in [1.54, 1.807) is 0 Å². The van der Waals surface area contributed by atoms with Crippen molar-refractivity contribution >= 4 is 11.9 Å². The van der Waals surface area contributed by atoms with Gasteiger partial charge in [0.1, 0.15) is 25.3 Å². The molecule has 0 saturated carbocycles. The summed E-state index contributed by atoms with van der Waals surface area (Å²) in [6.45, 7) is -0.0526. The number of alkyl halides is 2. The lowest BCUT2D eigenvalue weighted by atomic mass is 9.78. The molecule has 3 rings (SSSR count). The van der Waals surface area contributed by atoms with Crippen LogP contribution in [0.1, 0.15) is 30.1 Å². The average molecular weight is 367 g/mol. The smallest absolute Gasteiger partial charge is 0.337 e. The van der Waals surface area contributed by atoms with Crippen LogP contribution >= 0.6 is 0 Å². The number of methoxy groups -OCH3 is 1. The van der Waals surface area contributed by atoms with Crippen LogP contribution in [0.2, 0.25) is 0 Å². The quantitative estimate of drug-likeness (QED) is 0.829. The van der Waals surface area contributed by atoms with Crippen molar-refractivity contribution in [2.24, 2.45) is 0 Å². The molecule has 0 amide bonds. The van der Waals surface area contributed by atoms with Crippen LogP contribution in [0.25, 0.3) is 0 Å². The van der Waals surface area contributed by atoms with Crippen LogP contribution in [0, 0.1) is 5.82 Å². The average Bonchev–Trinajstić information content (AvgIpc) is 2.99. The van der Waals surface area contributed by atoms with E-state index in [0.717, 1.165) is 20.1 Å². The number of carbonyl (C=O) groups is 2. The Kier molecular flexibility index (Phi) is 4.76. The van der Waals surface area contributed by atoms with Gasteiger partial charge in [0.2, 0.25) is 0 Å². The molecular weight excluding hydrogens is 351 g/mol. The summed E-state index contributed by atoms with van der Waals surface area (Å²) in [6.07, 6.45) is -1.71. The summed E-state index contributed by atoms with van der Waals surface area (Å²) in [5.74, 6) is -3.65. The lowest BCUT2D eigenvalue weighted by Gasteiger charge is -2.29. The van der Waals surface area contributed by atoms with E-state index in [1.807, 2.05) is 0 Å². The molecule has 2 atom stereocenters. The molecule has 0 spiro atoms. The van der Waals surface area contributed by atoms with Crippen molar-refractivity contribution in [1.29, 1.82) is 0 Å². The summed E-state index contributed by atoms with van der Waals surface area (Å²) in [5.41, 5.74) is -0.289. The number of hydrogen-bond donors (Lipinski definition) is 1. The van der Waals surface area contributed by atoms with Gasteiger partial charge in [0.15, 0.2) is 0 Å². The van der Waals surface area contributed by atoms with E-state index in [2.05, 4.69) is 5.32 Å². The van der Waals surface area contributed by atoms with E-state index < -0.39 is 36.5 Å². The van der Waals surface area contributed by atoms with Crippen LogP contribution in [0.4, 0.5) is 13.2 Å². The van der Waals surface area contributed by atoms with Crippen molar-refractivity contribution in [2.45, 2.75) is 19.0 Å². The topological polar surface area (TPSA) is 64.6 Å². The second kappa shape index (κ2) is 6.86. The molecule has 26 heavy (non-hydrogen) atoms. The second-order valence-electron chi connectivity index (χ2n) is 5.90. The Hall–Kier alpha value is -2.77. The standard InChI is InChI=1S/C18H16F3NO4/c1-8(20)13-9(4-3-5-10(13)21)14-15(17(23)25-2)11(6-19)22-12-7-26-18(24)16(12)14/h3-5,8,14,22H,6-7H2,1-2H3/t8?,14-/m0/s1. The molecule has 1 aromatic rings. The first-order valence-electron chi connectivity index (χ1n) is 7.87. The molecule has 138 valence electrons. The number of rotatable bonds is 4. The van der Waals surface area contributed by atoms with Gasteiger partial charge in [-0.15, -0.1) is 0 Å². The molecule has 0 aliphatic carbocycles. The number of benzene rings is 1. The fourth-order valence-corrected chi connectivity index (χ4v) is 3.37. The number of allylic oxidation sites excluding steroid dienone is 1.